The lowest BCUT2D eigenvalue weighted by Gasteiger charge is -2.36. The molecule has 120 valence electrons. The fourth-order valence-electron chi connectivity index (χ4n) is 4.32. The molecule has 0 aliphatic heterocycles. The van der Waals surface area contributed by atoms with Crippen molar-refractivity contribution in [1.82, 2.24) is 0 Å². The lowest BCUT2D eigenvalue weighted by molar-refractivity contribution is 0.294. The van der Waals surface area contributed by atoms with E-state index in [2.05, 4.69) is 19.9 Å². The Kier molecular flexibility index (Phi) is 5.71. The number of hydrogen-bond acceptors (Lipinski definition) is 3. The third kappa shape index (κ3) is 3.80. The Labute approximate surface area is 130 Å². The van der Waals surface area contributed by atoms with E-state index in [1.54, 1.807) is 0 Å². The molecular formula is C17H29NO2S. The molecular weight excluding hydrogens is 282 g/mol. The first-order valence-electron chi connectivity index (χ1n) is 8.61. The van der Waals surface area contributed by atoms with E-state index in [1.165, 1.54) is 0 Å². The highest BCUT2D eigenvalue weighted by Gasteiger charge is 2.43. The largest absolute Gasteiger partial charge is 0.228 e. The lowest BCUT2D eigenvalue weighted by atomic mass is 9.80. The SMILES string of the molecule is CCCC1CCC(C#N)C(S(=O)(=O)C2CCCC(C)C2)C1. The summed E-state index contributed by atoms with van der Waals surface area (Å²) in [7, 11) is -3.15. The Morgan fingerprint density at radius 2 is 1.90 bits per heavy atom. The summed E-state index contributed by atoms with van der Waals surface area (Å²) in [6.45, 7) is 4.31. The molecule has 2 aliphatic carbocycles. The molecule has 2 aliphatic rings. The van der Waals surface area contributed by atoms with Crippen LogP contribution in [0.2, 0.25) is 0 Å². The van der Waals surface area contributed by atoms with Crippen LogP contribution in [-0.2, 0) is 9.84 Å². The average molecular weight is 311 g/mol. The van der Waals surface area contributed by atoms with Crippen molar-refractivity contribution >= 4 is 9.84 Å². The normalized spacial score (nSPS) is 37.9. The monoisotopic (exact) mass is 311 g/mol. The van der Waals surface area contributed by atoms with Gasteiger partial charge in [0.15, 0.2) is 9.84 Å². The van der Waals surface area contributed by atoms with Crippen molar-refractivity contribution in [3.05, 3.63) is 0 Å². The number of rotatable bonds is 4. The van der Waals surface area contributed by atoms with Gasteiger partial charge in [-0.3, -0.25) is 0 Å². The van der Waals surface area contributed by atoms with Gasteiger partial charge in [0.1, 0.15) is 0 Å². The number of sulfone groups is 1. The highest BCUT2D eigenvalue weighted by molar-refractivity contribution is 7.92. The van der Waals surface area contributed by atoms with E-state index in [0.29, 0.717) is 11.8 Å². The van der Waals surface area contributed by atoms with Crippen LogP contribution >= 0.6 is 0 Å². The van der Waals surface area contributed by atoms with Crippen LogP contribution in [-0.4, -0.2) is 18.9 Å². The molecule has 2 fully saturated rings. The second-order valence-corrected chi connectivity index (χ2v) is 9.67. The Morgan fingerprint density at radius 1 is 1.14 bits per heavy atom. The van der Waals surface area contributed by atoms with Crippen LogP contribution in [0.4, 0.5) is 0 Å². The molecule has 0 amide bonds. The minimum absolute atomic E-state index is 0.192. The van der Waals surface area contributed by atoms with E-state index in [1.807, 2.05) is 0 Å². The van der Waals surface area contributed by atoms with Crippen LogP contribution in [0.15, 0.2) is 0 Å². The minimum atomic E-state index is -3.15. The van der Waals surface area contributed by atoms with Gasteiger partial charge < -0.3 is 0 Å². The van der Waals surface area contributed by atoms with Gasteiger partial charge in [0.05, 0.1) is 22.5 Å². The number of nitriles is 1. The minimum Gasteiger partial charge on any atom is -0.228 e. The van der Waals surface area contributed by atoms with Gasteiger partial charge in [0.2, 0.25) is 0 Å². The number of hydrogen-bond donors (Lipinski definition) is 0. The first-order valence-corrected chi connectivity index (χ1v) is 10.2. The lowest BCUT2D eigenvalue weighted by Crippen LogP contribution is -2.42. The Hall–Kier alpha value is -0.560. The first-order chi connectivity index (χ1) is 9.98. The Bertz CT molecular complexity index is 480. The zero-order valence-electron chi connectivity index (χ0n) is 13.4. The third-order valence-electron chi connectivity index (χ3n) is 5.54. The maximum Gasteiger partial charge on any atom is 0.157 e. The van der Waals surface area contributed by atoms with Gasteiger partial charge >= 0.3 is 0 Å². The van der Waals surface area contributed by atoms with Crippen molar-refractivity contribution in [3.8, 4) is 6.07 Å². The van der Waals surface area contributed by atoms with E-state index >= 15 is 0 Å². The van der Waals surface area contributed by atoms with E-state index in [9.17, 15) is 13.7 Å². The third-order valence-corrected chi connectivity index (χ3v) is 8.26. The summed E-state index contributed by atoms with van der Waals surface area (Å²) >= 11 is 0. The van der Waals surface area contributed by atoms with Gasteiger partial charge in [-0.1, -0.05) is 39.5 Å². The van der Waals surface area contributed by atoms with Crippen molar-refractivity contribution in [2.75, 3.05) is 0 Å². The van der Waals surface area contributed by atoms with Gasteiger partial charge in [0.25, 0.3) is 0 Å². The van der Waals surface area contributed by atoms with Crippen LogP contribution in [0, 0.1) is 29.1 Å². The van der Waals surface area contributed by atoms with Gasteiger partial charge in [-0.05, 0) is 43.9 Å². The Balaban J connectivity index is 2.16. The van der Waals surface area contributed by atoms with Crippen LogP contribution in [0.1, 0.15) is 71.6 Å². The van der Waals surface area contributed by atoms with Crippen molar-refractivity contribution in [2.24, 2.45) is 17.8 Å². The predicted molar refractivity (Wildman–Crippen MR) is 85.5 cm³/mol. The van der Waals surface area contributed by atoms with Crippen molar-refractivity contribution in [1.29, 1.82) is 5.26 Å². The summed E-state index contributed by atoms with van der Waals surface area (Å²) < 4.78 is 26.1. The molecule has 2 saturated carbocycles. The van der Waals surface area contributed by atoms with E-state index < -0.39 is 15.1 Å². The van der Waals surface area contributed by atoms with E-state index in [0.717, 1.165) is 57.8 Å². The average Bonchev–Trinajstić information content (AvgIpc) is 2.47. The molecule has 0 aromatic heterocycles. The summed E-state index contributed by atoms with van der Waals surface area (Å²) in [6.07, 6.45) is 8.51. The van der Waals surface area contributed by atoms with E-state index in [4.69, 9.17) is 0 Å². The smallest absolute Gasteiger partial charge is 0.157 e. The summed E-state index contributed by atoms with van der Waals surface area (Å²) in [6, 6.07) is 2.29. The number of nitrogens with zero attached hydrogens (tertiary/aromatic N) is 1. The van der Waals surface area contributed by atoms with Gasteiger partial charge in [0, 0.05) is 0 Å². The standard InChI is InChI=1S/C17H29NO2S/c1-3-5-14-8-9-15(12-18)17(11-14)21(19,20)16-7-4-6-13(2)10-16/h13-17H,3-11H2,1-2H3. The zero-order valence-corrected chi connectivity index (χ0v) is 14.2. The van der Waals surface area contributed by atoms with Crippen molar-refractivity contribution in [2.45, 2.75) is 82.1 Å². The molecule has 0 bridgehead atoms. The highest BCUT2D eigenvalue weighted by Crippen LogP contribution is 2.39. The molecule has 0 N–H and O–H groups in total. The maximum absolute atomic E-state index is 13.1. The molecule has 5 atom stereocenters. The van der Waals surface area contributed by atoms with Crippen LogP contribution in [0.25, 0.3) is 0 Å². The van der Waals surface area contributed by atoms with Gasteiger partial charge in [-0.2, -0.15) is 5.26 Å². The fraction of sp³-hybridized carbons (Fsp3) is 0.941. The predicted octanol–water partition coefficient (Wildman–Crippen LogP) is 4.09. The molecule has 2 rings (SSSR count). The molecule has 0 heterocycles. The molecule has 0 spiro atoms. The van der Waals surface area contributed by atoms with Crippen LogP contribution in [0.5, 0.6) is 0 Å². The van der Waals surface area contributed by atoms with E-state index in [-0.39, 0.29) is 11.2 Å². The molecule has 0 aromatic carbocycles. The summed E-state index contributed by atoms with van der Waals surface area (Å²) in [4.78, 5) is 0. The van der Waals surface area contributed by atoms with Crippen molar-refractivity contribution < 1.29 is 8.42 Å². The van der Waals surface area contributed by atoms with Crippen LogP contribution < -0.4 is 0 Å². The molecule has 21 heavy (non-hydrogen) atoms. The molecule has 0 radical (unpaired) electrons. The second kappa shape index (κ2) is 7.13. The highest BCUT2D eigenvalue weighted by atomic mass is 32.2. The fourth-order valence-corrected chi connectivity index (χ4v) is 7.10. The maximum atomic E-state index is 13.1. The molecule has 3 nitrogen and oxygen atoms in total. The quantitative estimate of drug-likeness (QED) is 0.785. The summed E-state index contributed by atoms with van der Waals surface area (Å²) in [5.41, 5.74) is 0. The summed E-state index contributed by atoms with van der Waals surface area (Å²) in [5.74, 6) is 0.731. The van der Waals surface area contributed by atoms with Crippen LogP contribution in [0.3, 0.4) is 0 Å². The molecule has 0 saturated heterocycles. The zero-order chi connectivity index (χ0) is 15.5. The summed E-state index contributed by atoms with van der Waals surface area (Å²) in [5, 5.41) is 8.78. The molecule has 5 unspecified atom stereocenters. The van der Waals surface area contributed by atoms with Gasteiger partial charge in [-0.25, -0.2) is 8.42 Å². The topological polar surface area (TPSA) is 57.9 Å². The first kappa shape index (κ1) is 16.8. The Morgan fingerprint density at radius 3 is 2.52 bits per heavy atom. The van der Waals surface area contributed by atoms with Gasteiger partial charge in [-0.15, -0.1) is 0 Å². The molecule has 4 heteroatoms. The molecule has 0 aromatic rings. The second-order valence-electron chi connectivity index (χ2n) is 7.22. The van der Waals surface area contributed by atoms with Crippen molar-refractivity contribution in [3.63, 3.8) is 0 Å².